The number of halogens is 1. The summed E-state index contributed by atoms with van der Waals surface area (Å²) in [4.78, 5) is 27.4. The molecule has 0 aromatic heterocycles. The van der Waals surface area contributed by atoms with Crippen molar-refractivity contribution in [3.05, 3.63) is 64.7 Å². The van der Waals surface area contributed by atoms with Crippen LogP contribution < -0.4 is 10.1 Å². The molecule has 0 unspecified atom stereocenters. The molecule has 0 aliphatic rings. The summed E-state index contributed by atoms with van der Waals surface area (Å²) in [5.41, 5.74) is 1.76. The number of hydrogen-bond acceptors (Lipinski definition) is 3. The predicted molar refractivity (Wildman–Crippen MR) is 111 cm³/mol. The van der Waals surface area contributed by atoms with Crippen molar-refractivity contribution in [1.29, 1.82) is 0 Å². The third kappa shape index (κ3) is 5.99. The number of rotatable bonds is 9. The molecule has 0 saturated carbocycles. The van der Waals surface area contributed by atoms with E-state index in [1.165, 1.54) is 0 Å². The van der Waals surface area contributed by atoms with Gasteiger partial charge in [-0.3, -0.25) is 9.59 Å². The molecule has 5 nitrogen and oxygen atoms in total. The van der Waals surface area contributed by atoms with Gasteiger partial charge in [-0.1, -0.05) is 42.8 Å². The number of nitrogens with zero attached hydrogens (tertiary/aromatic N) is 1. The monoisotopic (exact) mass is 402 g/mol. The lowest BCUT2D eigenvalue weighted by molar-refractivity contribution is -0.140. The van der Waals surface area contributed by atoms with E-state index in [1.807, 2.05) is 50.2 Å². The number of amides is 2. The summed E-state index contributed by atoms with van der Waals surface area (Å²) in [6.07, 6.45) is 0.718. The predicted octanol–water partition coefficient (Wildman–Crippen LogP) is 3.83. The molecule has 1 atom stereocenters. The highest BCUT2D eigenvalue weighted by molar-refractivity contribution is 6.30. The van der Waals surface area contributed by atoms with Crippen molar-refractivity contribution in [3.8, 4) is 5.75 Å². The van der Waals surface area contributed by atoms with E-state index >= 15 is 0 Å². The molecule has 0 aliphatic heterocycles. The maximum atomic E-state index is 13.1. The Morgan fingerprint density at radius 3 is 2.39 bits per heavy atom. The molecule has 0 aliphatic carbocycles. The lowest BCUT2D eigenvalue weighted by Crippen LogP contribution is -2.49. The van der Waals surface area contributed by atoms with Crippen LogP contribution in [0.3, 0.4) is 0 Å². The van der Waals surface area contributed by atoms with Gasteiger partial charge in [0.15, 0.2) is 0 Å². The van der Waals surface area contributed by atoms with E-state index in [0.717, 1.165) is 16.9 Å². The molecule has 0 spiro atoms. The maximum Gasteiger partial charge on any atom is 0.242 e. The van der Waals surface area contributed by atoms with Crippen molar-refractivity contribution in [2.45, 2.75) is 39.3 Å². The highest BCUT2D eigenvalue weighted by Gasteiger charge is 2.28. The normalized spacial score (nSPS) is 11.6. The van der Waals surface area contributed by atoms with Crippen molar-refractivity contribution >= 4 is 23.4 Å². The molecule has 0 saturated heterocycles. The van der Waals surface area contributed by atoms with Crippen molar-refractivity contribution in [2.24, 2.45) is 0 Å². The van der Waals surface area contributed by atoms with Crippen LogP contribution in [0, 0.1) is 0 Å². The molecule has 0 radical (unpaired) electrons. The number of likely N-dealkylation sites (N-methyl/N-ethyl adjacent to an activating group) is 1. The average Bonchev–Trinajstić information content (AvgIpc) is 2.68. The first-order valence-electron chi connectivity index (χ1n) is 9.43. The molecule has 0 fully saturated rings. The molecular formula is C22H27ClN2O3. The van der Waals surface area contributed by atoms with Gasteiger partial charge in [-0.05, 0) is 48.7 Å². The van der Waals surface area contributed by atoms with Crippen LogP contribution in [0.4, 0.5) is 0 Å². The highest BCUT2D eigenvalue weighted by atomic mass is 35.5. The molecule has 6 heteroatoms. The van der Waals surface area contributed by atoms with Gasteiger partial charge < -0.3 is 15.0 Å². The van der Waals surface area contributed by atoms with Crippen molar-refractivity contribution in [3.63, 3.8) is 0 Å². The number of hydrogen-bond donors (Lipinski definition) is 1. The zero-order valence-corrected chi connectivity index (χ0v) is 17.3. The van der Waals surface area contributed by atoms with Gasteiger partial charge in [-0.25, -0.2) is 0 Å². The second kappa shape index (κ2) is 10.7. The fraction of sp³-hybridized carbons (Fsp3) is 0.364. The molecule has 2 rings (SSSR count). The Hall–Kier alpha value is -2.53. The van der Waals surface area contributed by atoms with Gasteiger partial charge in [0.2, 0.25) is 11.8 Å². The Labute approximate surface area is 171 Å². The van der Waals surface area contributed by atoms with Crippen LogP contribution in [-0.2, 0) is 22.6 Å². The van der Waals surface area contributed by atoms with Crippen molar-refractivity contribution < 1.29 is 14.3 Å². The van der Waals surface area contributed by atoms with Gasteiger partial charge in [-0.15, -0.1) is 0 Å². The SMILES string of the molecule is CCNC(=O)[C@H](CC)N(Cc1ccc(OC)cc1)C(=O)Cc1cccc(Cl)c1. The van der Waals surface area contributed by atoms with E-state index in [-0.39, 0.29) is 18.2 Å². The first kappa shape index (κ1) is 21.8. The Morgan fingerprint density at radius 1 is 1.11 bits per heavy atom. The number of benzene rings is 2. The standard InChI is InChI=1S/C22H27ClN2O3/c1-4-20(22(27)24-5-2)25(15-16-9-11-19(28-3)12-10-16)21(26)14-17-7-6-8-18(23)13-17/h6-13,20H,4-5,14-15H2,1-3H3,(H,24,27)/t20-/m0/s1. The summed E-state index contributed by atoms with van der Waals surface area (Å²) in [5.74, 6) is 0.491. The summed E-state index contributed by atoms with van der Waals surface area (Å²) in [6, 6.07) is 14.2. The van der Waals surface area contributed by atoms with E-state index in [9.17, 15) is 9.59 Å². The van der Waals surface area contributed by atoms with Crippen molar-refractivity contribution in [1.82, 2.24) is 10.2 Å². The first-order chi connectivity index (χ1) is 13.5. The number of methoxy groups -OCH3 is 1. The topological polar surface area (TPSA) is 58.6 Å². The number of carbonyl (C=O) groups excluding carboxylic acids is 2. The Morgan fingerprint density at radius 2 is 1.82 bits per heavy atom. The number of ether oxygens (including phenoxy) is 1. The van der Waals surface area contributed by atoms with Gasteiger partial charge in [0.1, 0.15) is 11.8 Å². The summed E-state index contributed by atoms with van der Waals surface area (Å²) in [7, 11) is 1.61. The third-order valence-electron chi connectivity index (χ3n) is 4.49. The van der Waals surface area contributed by atoms with E-state index in [1.54, 1.807) is 24.1 Å². The lowest BCUT2D eigenvalue weighted by Gasteiger charge is -2.30. The van der Waals surface area contributed by atoms with Gasteiger partial charge in [0, 0.05) is 18.1 Å². The molecule has 0 bridgehead atoms. The highest BCUT2D eigenvalue weighted by Crippen LogP contribution is 2.18. The zero-order valence-electron chi connectivity index (χ0n) is 16.6. The summed E-state index contributed by atoms with van der Waals surface area (Å²) >= 11 is 6.05. The van der Waals surface area contributed by atoms with E-state index in [4.69, 9.17) is 16.3 Å². The second-order valence-corrected chi connectivity index (χ2v) is 6.93. The smallest absolute Gasteiger partial charge is 0.242 e. The van der Waals surface area contributed by atoms with Crippen LogP contribution in [0.25, 0.3) is 0 Å². The molecular weight excluding hydrogens is 376 g/mol. The largest absolute Gasteiger partial charge is 0.497 e. The second-order valence-electron chi connectivity index (χ2n) is 6.50. The van der Waals surface area contributed by atoms with Crippen LogP contribution in [0.2, 0.25) is 5.02 Å². The Balaban J connectivity index is 2.27. The van der Waals surface area contributed by atoms with E-state index in [0.29, 0.717) is 24.5 Å². The number of nitrogens with one attached hydrogen (secondary N) is 1. The molecule has 1 N–H and O–H groups in total. The van der Waals surface area contributed by atoms with Crippen LogP contribution in [0.15, 0.2) is 48.5 Å². The fourth-order valence-electron chi connectivity index (χ4n) is 3.06. The van der Waals surface area contributed by atoms with Gasteiger partial charge in [0.05, 0.1) is 13.5 Å². The maximum absolute atomic E-state index is 13.1. The van der Waals surface area contributed by atoms with Crippen LogP contribution in [0.1, 0.15) is 31.4 Å². The summed E-state index contributed by atoms with van der Waals surface area (Å²) in [5, 5.41) is 3.42. The minimum absolute atomic E-state index is 0.115. The zero-order chi connectivity index (χ0) is 20.5. The summed E-state index contributed by atoms with van der Waals surface area (Å²) in [6.45, 7) is 4.65. The Kier molecular flexibility index (Phi) is 8.33. The van der Waals surface area contributed by atoms with Crippen LogP contribution in [0.5, 0.6) is 5.75 Å². The van der Waals surface area contributed by atoms with Gasteiger partial charge in [-0.2, -0.15) is 0 Å². The fourth-order valence-corrected chi connectivity index (χ4v) is 3.28. The molecule has 150 valence electrons. The minimum Gasteiger partial charge on any atom is -0.497 e. The molecule has 0 heterocycles. The van der Waals surface area contributed by atoms with Gasteiger partial charge in [0.25, 0.3) is 0 Å². The molecule has 2 amide bonds. The third-order valence-corrected chi connectivity index (χ3v) is 4.73. The van der Waals surface area contributed by atoms with Crippen LogP contribution >= 0.6 is 11.6 Å². The lowest BCUT2D eigenvalue weighted by atomic mass is 10.1. The van der Waals surface area contributed by atoms with Gasteiger partial charge >= 0.3 is 0 Å². The first-order valence-corrected chi connectivity index (χ1v) is 9.80. The quantitative estimate of drug-likeness (QED) is 0.693. The number of carbonyl (C=O) groups is 2. The van der Waals surface area contributed by atoms with E-state index in [2.05, 4.69) is 5.32 Å². The molecule has 28 heavy (non-hydrogen) atoms. The average molecular weight is 403 g/mol. The van der Waals surface area contributed by atoms with Crippen molar-refractivity contribution in [2.75, 3.05) is 13.7 Å². The summed E-state index contributed by atoms with van der Waals surface area (Å²) < 4.78 is 5.19. The van der Waals surface area contributed by atoms with E-state index < -0.39 is 6.04 Å². The molecule has 2 aromatic rings. The van der Waals surface area contributed by atoms with Crippen LogP contribution in [-0.4, -0.2) is 36.4 Å². The Bertz CT molecular complexity index is 793. The minimum atomic E-state index is -0.534. The molecule has 2 aromatic carbocycles.